The van der Waals surface area contributed by atoms with Crippen molar-refractivity contribution in [3.05, 3.63) is 12.2 Å². The van der Waals surface area contributed by atoms with Crippen LogP contribution in [0.15, 0.2) is 12.2 Å². The first-order valence-corrected chi connectivity index (χ1v) is 5.66. The van der Waals surface area contributed by atoms with Crippen molar-refractivity contribution >= 4 is 5.97 Å². The minimum Gasteiger partial charge on any atom is -0.439 e. The van der Waals surface area contributed by atoms with E-state index in [-0.39, 0.29) is 0 Å². The minimum absolute atomic E-state index is 0.506. The molecular formula is C11H10F6O3. The molecule has 2 aliphatic heterocycles. The summed E-state index contributed by atoms with van der Waals surface area (Å²) in [5.74, 6) is -3.69. The highest BCUT2D eigenvalue weighted by molar-refractivity contribution is 5.67. The Kier molecular flexibility index (Phi) is 3.31. The van der Waals surface area contributed by atoms with Crippen molar-refractivity contribution < 1.29 is 40.6 Å². The molecule has 2 aliphatic rings. The van der Waals surface area contributed by atoms with E-state index in [4.69, 9.17) is 4.74 Å². The molecule has 0 aromatic heterocycles. The van der Waals surface area contributed by atoms with Crippen LogP contribution in [-0.2, 0) is 14.3 Å². The number of esters is 1. The third-order valence-electron chi connectivity index (χ3n) is 3.40. The van der Waals surface area contributed by atoms with Crippen molar-refractivity contribution in [3.63, 3.8) is 0 Å². The first kappa shape index (κ1) is 15.1. The molecule has 0 aliphatic carbocycles. The van der Waals surface area contributed by atoms with E-state index < -0.39 is 48.5 Å². The zero-order valence-corrected chi connectivity index (χ0v) is 10.1. The van der Waals surface area contributed by atoms with Crippen LogP contribution in [0.4, 0.5) is 26.3 Å². The Morgan fingerprint density at radius 1 is 1.15 bits per heavy atom. The van der Waals surface area contributed by atoms with Gasteiger partial charge in [0.05, 0.1) is 12.2 Å². The molecule has 9 heteroatoms. The number of ether oxygens (including phenoxy) is 2. The summed E-state index contributed by atoms with van der Waals surface area (Å²) in [7, 11) is 0. The Balaban J connectivity index is 2.52. The smallest absolute Gasteiger partial charge is 0.437 e. The van der Waals surface area contributed by atoms with E-state index in [9.17, 15) is 31.1 Å². The molecule has 3 nitrogen and oxygen atoms in total. The van der Waals surface area contributed by atoms with Gasteiger partial charge < -0.3 is 9.47 Å². The van der Waals surface area contributed by atoms with Crippen LogP contribution >= 0.6 is 0 Å². The van der Waals surface area contributed by atoms with Crippen LogP contribution in [-0.4, -0.2) is 36.1 Å². The molecule has 0 saturated carbocycles. The topological polar surface area (TPSA) is 35.5 Å². The molecule has 2 rings (SSSR count). The second-order valence-corrected chi connectivity index (χ2v) is 4.69. The Morgan fingerprint density at radius 2 is 1.70 bits per heavy atom. The number of hydrogen-bond acceptors (Lipinski definition) is 3. The standard InChI is InChI=1S/C11H10F6O3/c1-5(18)20-9(10(12,13)14,11(15,16)17)7-4-6-2-3-8(7)19-6/h2-3,6-8H,4H2,1H3. The van der Waals surface area contributed by atoms with Crippen LogP contribution in [0.3, 0.4) is 0 Å². The minimum atomic E-state index is -5.79. The molecule has 3 atom stereocenters. The summed E-state index contributed by atoms with van der Waals surface area (Å²) in [5.41, 5.74) is -4.55. The van der Waals surface area contributed by atoms with Crippen molar-refractivity contribution in [2.24, 2.45) is 5.92 Å². The van der Waals surface area contributed by atoms with Gasteiger partial charge in [0.25, 0.3) is 0 Å². The Bertz CT molecular complexity index is 424. The number of fused-ring (bicyclic) bond motifs is 2. The lowest BCUT2D eigenvalue weighted by molar-refractivity contribution is -0.387. The third-order valence-corrected chi connectivity index (χ3v) is 3.40. The summed E-state index contributed by atoms with van der Waals surface area (Å²) in [4.78, 5) is 10.8. The molecule has 3 unspecified atom stereocenters. The molecule has 0 spiro atoms. The molecule has 0 amide bonds. The molecule has 2 heterocycles. The summed E-state index contributed by atoms with van der Waals surface area (Å²) in [6.45, 7) is 0.510. The number of carbonyl (C=O) groups is 1. The van der Waals surface area contributed by atoms with Crippen molar-refractivity contribution in [2.45, 2.75) is 43.5 Å². The number of carbonyl (C=O) groups excluding carboxylic acids is 1. The molecule has 1 fully saturated rings. The maximum absolute atomic E-state index is 13.1. The fourth-order valence-corrected chi connectivity index (χ4v) is 2.67. The Morgan fingerprint density at radius 3 is 2.00 bits per heavy atom. The maximum Gasteiger partial charge on any atom is 0.437 e. The molecule has 0 N–H and O–H groups in total. The van der Waals surface area contributed by atoms with Gasteiger partial charge in [-0.3, -0.25) is 4.79 Å². The first-order valence-electron chi connectivity index (χ1n) is 5.66. The summed E-state index contributed by atoms with van der Waals surface area (Å²) in [6, 6.07) is 0. The third kappa shape index (κ3) is 2.07. The molecule has 0 radical (unpaired) electrons. The highest BCUT2D eigenvalue weighted by atomic mass is 19.4. The molecule has 2 bridgehead atoms. The van der Waals surface area contributed by atoms with Gasteiger partial charge in [0.2, 0.25) is 0 Å². The van der Waals surface area contributed by atoms with Crippen LogP contribution in [0.5, 0.6) is 0 Å². The van der Waals surface area contributed by atoms with Gasteiger partial charge in [0, 0.05) is 12.8 Å². The summed E-state index contributed by atoms with van der Waals surface area (Å²) < 4.78 is 87.5. The Labute approximate surface area is 109 Å². The molecular weight excluding hydrogens is 294 g/mol. The fraction of sp³-hybridized carbons (Fsp3) is 0.727. The second kappa shape index (κ2) is 4.37. The monoisotopic (exact) mass is 304 g/mol. The van der Waals surface area contributed by atoms with E-state index in [1.807, 2.05) is 0 Å². The molecule has 20 heavy (non-hydrogen) atoms. The van der Waals surface area contributed by atoms with Gasteiger partial charge in [-0.05, 0) is 6.42 Å². The zero-order chi connectivity index (χ0) is 15.3. The lowest BCUT2D eigenvalue weighted by Crippen LogP contribution is -2.65. The van der Waals surface area contributed by atoms with Crippen LogP contribution < -0.4 is 0 Å². The van der Waals surface area contributed by atoms with Gasteiger partial charge in [-0.2, -0.15) is 26.3 Å². The van der Waals surface area contributed by atoms with Gasteiger partial charge in [-0.15, -0.1) is 0 Å². The van der Waals surface area contributed by atoms with Crippen LogP contribution in [0.1, 0.15) is 13.3 Å². The van der Waals surface area contributed by atoms with Gasteiger partial charge in [-0.1, -0.05) is 12.2 Å². The lowest BCUT2D eigenvalue weighted by Gasteiger charge is -2.41. The molecule has 114 valence electrons. The predicted octanol–water partition coefficient (Wildman–Crippen LogP) is 2.76. The SMILES string of the molecule is CC(=O)OC(C1CC2C=CC1O2)(C(F)(F)F)C(F)(F)F. The zero-order valence-electron chi connectivity index (χ0n) is 10.1. The maximum atomic E-state index is 13.1. The largest absolute Gasteiger partial charge is 0.439 e. The number of alkyl halides is 6. The quantitative estimate of drug-likeness (QED) is 0.447. The average Bonchev–Trinajstić information content (AvgIpc) is 2.83. The van der Waals surface area contributed by atoms with Crippen LogP contribution in [0.25, 0.3) is 0 Å². The van der Waals surface area contributed by atoms with E-state index in [2.05, 4.69) is 4.74 Å². The highest BCUT2D eigenvalue weighted by Crippen LogP contribution is 2.56. The van der Waals surface area contributed by atoms with Crippen LogP contribution in [0, 0.1) is 5.92 Å². The fourth-order valence-electron chi connectivity index (χ4n) is 2.67. The van der Waals surface area contributed by atoms with Crippen molar-refractivity contribution in [1.82, 2.24) is 0 Å². The number of hydrogen-bond donors (Lipinski definition) is 0. The van der Waals surface area contributed by atoms with Crippen LogP contribution in [0.2, 0.25) is 0 Å². The van der Waals surface area contributed by atoms with Crippen molar-refractivity contribution in [1.29, 1.82) is 0 Å². The van der Waals surface area contributed by atoms with E-state index >= 15 is 0 Å². The second-order valence-electron chi connectivity index (χ2n) is 4.69. The Hall–Kier alpha value is -1.25. The lowest BCUT2D eigenvalue weighted by atomic mass is 9.77. The first-order chi connectivity index (χ1) is 8.99. The van der Waals surface area contributed by atoms with E-state index in [0.29, 0.717) is 6.92 Å². The number of rotatable bonds is 2. The van der Waals surface area contributed by atoms with Gasteiger partial charge in [0.15, 0.2) is 0 Å². The molecule has 1 saturated heterocycles. The average molecular weight is 304 g/mol. The van der Waals surface area contributed by atoms with Gasteiger partial charge in [0.1, 0.15) is 0 Å². The molecule has 0 aromatic rings. The van der Waals surface area contributed by atoms with E-state index in [1.54, 1.807) is 0 Å². The molecule has 0 aromatic carbocycles. The number of halogens is 6. The van der Waals surface area contributed by atoms with Gasteiger partial charge in [-0.25, -0.2) is 0 Å². The predicted molar refractivity (Wildman–Crippen MR) is 52.5 cm³/mol. The van der Waals surface area contributed by atoms with Crippen molar-refractivity contribution in [2.75, 3.05) is 0 Å². The van der Waals surface area contributed by atoms with Gasteiger partial charge >= 0.3 is 23.9 Å². The summed E-state index contributed by atoms with van der Waals surface area (Å²) in [6.07, 6.45) is -11.7. The van der Waals surface area contributed by atoms with E-state index in [1.165, 1.54) is 6.08 Å². The normalized spacial score (nSPS) is 29.9. The van der Waals surface area contributed by atoms with Crippen molar-refractivity contribution in [3.8, 4) is 0 Å². The highest BCUT2D eigenvalue weighted by Gasteiger charge is 2.79. The summed E-state index contributed by atoms with van der Waals surface area (Å²) in [5, 5.41) is 0. The summed E-state index contributed by atoms with van der Waals surface area (Å²) >= 11 is 0. The van der Waals surface area contributed by atoms with E-state index in [0.717, 1.165) is 6.08 Å².